The van der Waals surface area contributed by atoms with Gasteiger partial charge in [-0.25, -0.2) is 0 Å². The third kappa shape index (κ3) is 3.51. The van der Waals surface area contributed by atoms with Gasteiger partial charge in [-0.2, -0.15) is 4.98 Å². The Morgan fingerprint density at radius 3 is 1.86 bits per heavy atom. The Balaban J connectivity index is 1.83. The van der Waals surface area contributed by atoms with E-state index in [-0.39, 0.29) is 11.8 Å². The van der Waals surface area contributed by atoms with E-state index in [9.17, 15) is 5.11 Å². The maximum Gasteiger partial charge on any atom is 0.226 e. The molecule has 3 aromatic rings. The van der Waals surface area contributed by atoms with Crippen molar-refractivity contribution < 1.29 is 14.6 Å². The first-order valence-corrected chi connectivity index (χ1v) is 6.46. The molecule has 0 atom stereocenters. The predicted octanol–water partition coefficient (Wildman–Crippen LogP) is 4.37. The van der Waals surface area contributed by atoms with E-state index >= 15 is 0 Å². The van der Waals surface area contributed by atoms with Crippen molar-refractivity contribution in [3.8, 4) is 29.0 Å². The van der Waals surface area contributed by atoms with Crippen molar-refractivity contribution in [1.29, 1.82) is 0 Å². The first kappa shape index (κ1) is 13.0. The minimum absolute atomic E-state index is 0.158. The van der Waals surface area contributed by atoms with Crippen LogP contribution in [0.15, 0.2) is 72.8 Å². The molecule has 0 fully saturated rings. The molecule has 104 valence electrons. The van der Waals surface area contributed by atoms with Crippen LogP contribution < -0.4 is 9.47 Å². The van der Waals surface area contributed by atoms with E-state index in [2.05, 4.69) is 4.98 Å². The molecule has 0 unspecified atom stereocenters. The SMILES string of the molecule is Oc1cc(Oc2ccccc2)cc(Oc2ccccc2)n1. The first-order valence-electron chi connectivity index (χ1n) is 6.46. The summed E-state index contributed by atoms with van der Waals surface area (Å²) in [4.78, 5) is 3.92. The van der Waals surface area contributed by atoms with E-state index in [1.807, 2.05) is 60.7 Å². The lowest BCUT2D eigenvalue weighted by Gasteiger charge is -2.09. The molecule has 0 spiro atoms. The maximum absolute atomic E-state index is 9.68. The summed E-state index contributed by atoms with van der Waals surface area (Å²) in [6.07, 6.45) is 0. The summed E-state index contributed by atoms with van der Waals surface area (Å²) < 4.78 is 11.2. The maximum atomic E-state index is 9.68. The standard InChI is InChI=1S/C17H13NO3/c19-16-11-15(20-13-7-3-1-4-8-13)12-17(18-16)21-14-9-5-2-6-10-14/h1-12H,(H,18,19). The summed E-state index contributed by atoms with van der Waals surface area (Å²) >= 11 is 0. The number of aromatic hydroxyl groups is 1. The van der Waals surface area contributed by atoms with Crippen molar-refractivity contribution >= 4 is 0 Å². The molecule has 1 heterocycles. The van der Waals surface area contributed by atoms with Gasteiger partial charge in [0.1, 0.15) is 17.2 Å². The molecule has 1 N–H and O–H groups in total. The van der Waals surface area contributed by atoms with Crippen molar-refractivity contribution in [3.63, 3.8) is 0 Å². The second-order valence-corrected chi connectivity index (χ2v) is 4.33. The fraction of sp³-hybridized carbons (Fsp3) is 0. The van der Waals surface area contributed by atoms with Gasteiger partial charge in [-0.1, -0.05) is 36.4 Å². The van der Waals surface area contributed by atoms with Gasteiger partial charge in [0.15, 0.2) is 0 Å². The number of aromatic nitrogens is 1. The van der Waals surface area contributed by atoms with Gasteiger partial charge in [0.2, 0.25) is 11.8 Å². The van der Waals surface area contributed by atoms with Crippen LogP contribution in [-0.2, 0) is 0 Å². The normalized spacial score (nSPS) is 10.1. The average molecular weight is 279 g/mol. The van der Waals surface area contributed by atoms with Crippen molar-refractivity contribution in [1.82, 2.24) is 4.98 Å². The highest BCUT2D eigenvalue weighted by Gasteiger charge is 2.06. The Kier molecular flexibility index (Phi) is 3.69. The molecule has 0 radical (unpaired) electrons. The number of pyridine rings is 1. The highest BCUT2D eigenvalue weighted by molar-refractivity contribution is 5.38. The van der Waals surface area contributed by atoms with Crippen LogP contribution in [0.4, 0.5) is 0 Å². The summed E-state index contributed by atoms with van der Waals surface area (Å²) in [5.74, 6) is 1.89. The molecular weight excluding hydrogens is 266 g/mol. The third-order valence-electron chi connectivity index (χ3n) is 2.71. The third-order valence-corrected chi connectivity index (χ3v) is 2.71. The first-order chi connectivity index (χ1) is 10.3. The lowest BCUT2D eigenvalue weighted by Crippen LogP contribution is -1.90. The fourth-order valence-electron chi connectivity index (χ4n) is 1.81. The number of hydrogen-bond donors (Lipinski definition) is 1. The van der Waals surface area contributed by atoms with Crippen LogP contribution in [0.25, 0.3) is 0 Å². The predicted molar refractivity (Wildman–Crippen MR) is 78.9 cm³/mol. The second kappa shape index (κ2) is 5.96. The molecule has 21 heavy (non-hydrogen) atoms. The Hall–Kier alpha value is -3.01. The molecule has 3 rings (SSSR count). The van der Waals surface area contributed by atoms with Crippen LogP contribution in [0, 0.1) is 0 Å². The Labute approximate surface area is 122 Å². The van der Waals surface area contributed by atoms with Crippen molar-refractivity contribution in [2.45, 2.75) is 0 Å². The summed E-state index contributed by atoms with van der Waals surface area (Å²) in [5.41, 5.74) is 0. The number of benzene rings is 2. The molecule has 0 amide bonds. The molecule has 0 aliphatic heterocycles. The zero-order chi connectivity index (χ0) is 14.5. The summed E-state index contributed by atoms with van der Waals surface area (Å²) in [6, 6.07) is 21.6. The van der Waals surface area contributed by atoms with Crippen LogP contribution >= 0.6 is 0 Å². The van der Waals surface area contributed by atoms with Crippen molar-refractivity contribution in [3.05, 3.63) is 72.8 Å². The lowest BCUT2D eigenvalue weighted by molar-refractivity contribution is 0.406. The molecule has 2 aromatic carbocycles. The lowest BCUT2D eigenvalue weighted by atomic mass is 10.3. The van der Waals surface area contributed by atoms with E-state index < -0.39 is 0 Å². The number of ether oxygens (including phenoxy) is 2. The topological polar surface area (TPSA) is 51.6 Å². The molecule has 0 bridgehead atoms. The Bertz CT molecular complexity index is 655. The molecular formula is C17H13NO3. The van der Waals surface area contributed by atoms with Crippen LogP contribution in [0.3, 0.4) is 0 Å². The van der Waals surface area contributed by atoms with E-state index in [1.54, 1.807) is 6.07 Å². The van der Waals surface area contributed by atoms with E-state index in [1.165, 1.54) is 6.07 Å². The van der Waals surface area contributed by atoms with Gasteiger partial charge in [0.25, 0.3) is 0 Å². The van der Waals surface area contributed by atoms with Crippen molar-refractivity contribution in [2.75, 3.05) is 0 Å². The van der Waals surface area contributed by atoms with Crippen molar-refractivity contribution in [2.24, 2.45) is 0 Å². The Morgan fingerprint density at radius 1 is 0.667 bits per heavy atom. The van der Waals surface area contributed by atoms with Crippen LogP contribution in [0.2, 0.25) is 0 Å². The molecule has 4 nitrogen and oxygen atoms in total. The summed E-state index contributed by atoms with van der Waals surface area (Å²) in [5, 5.41) is 9.68. The van der Waals surface area contributed by atoms with Gasteiger partial charge in [0.05, 0.1) is 0 Å². The minimum Gasteiger partial charge on any atom is -0.493 e. The fourth-order valence-corrected chi connectivity index (χ4v) is 1.81. The van der Waals surface area contributed by atoms with Crippen LogP contribution in [-0.4, -0.2) is 10.1 Å². The molecule has 0 saturated heterocycles. The monoisotopic (exact) mass is 279 g/mol. The highest BCUT2D eigenvalue weighted by atomic mass is 16.5. The molecule has 0 aliphatic carbocycles. The molecule has 4 heteroatoms. The minimum atomic E-state index is -0.158. The average Bonchev–Trinajstić information content (AvgIpc) is 2.48. The zero-order valence-electron chi connectivity index (χ0n) is 11.1. The number of rotatable bonds is 4. The van der Waals surface area contributed by atoms with E-state index in [0.29, 0.717) is 17.2 Å². The summed E-state index contributed by atoms with van der Waals surface area (Å²) in [6.45, 7) is 0. The van der Waals surface area contributed by atoms with Gasteiger partial charge >= 0.3 is 0 Å². The van der Waals surface area contributed by atoms with Crippen LogP contribution in [0.5, 0.6) is 29.0 Å². The quantitative estimate of drug-likeness (QED) is 0.770. The second-order valence-electron chi connectivity index (χ2n) is 4.33. The number of para-hydroxylation sites is 2. The molecule has 0 saturated carbocycles. The number of hydrogen-bond acceptors (Lipinski definition) is 4. The largest absolute Gasteiger partial charge is 0.493 e. The Morgan fingerprint density at radius 2 is 1.24 bits per heavy atom. The molecule has 1 aromatic heterocycles. The van der Waals surface area contributed by atoms with E-state index in [4.69, 9.17) is 9.47 Å². The van der Waals surface area contributed by atoms with Gasteiger partial charge in [0, 0.05) is 12.1 Å². The van der Waals surface area contributed by atoms with Gasteiger partial charge in [-0.15, -0.1) is 0 Å². The van der Waals surface area contributed by atoms with E-state index in [0.717, 1.165) is 0 Å². The smallest absolute Gasteiger partial charge is 0.226 e. The van der Waals surface area contributed by atoms with Gasteiger partial charge in [-0.05, 0) is 24.3 Å². The van der Waals surface area contributed by atoms with Crippen LogP contribution in [0.1, 0.15) is 0 Å². The van der Waals surface area contributed by atoms with Gasteiger partial charge < -0.3 is 14.6 Å². The van der Waals surface area contributed by atoms with Gasteiger partial charge in [-0.3, -0.25) is 0 Å². The zero-order valence-corrected chi connectivity index (χ0v) is 11.1. The highest BCUT2D eigenvalue weighted by Crippen LogP contribution is 2.29. The molecule has 0 aliphatic rings. The number of nitrogens with zero attached hydrogens (tertiary/aromatic N) is 1. The summed E-state index contributed by atoms with van der Waals surface area (Å²) in [7, 11) is 0.